The van der Waals surface area contributed by atoms with Gasteiger partial charge in [-0.15, -0.1) is 6.42 Å². The van der Waals surface area contributed by atoms with Gasteiger partial charge in [0.2, 0.25) is 0 Å². The fourth-order valence-electron chi connectivity index (χ4n) is 1.26. The Morgan fingerprint density at radius 1 is 1.62 bits per heavy atom. The number of oxime groups is 1. The number of hydrogen-bond acceptors (Lipinski definition) is 3. The Hall–Kier alpha value is -2.06. The standard InChI is InChI=1S/C11H12FN3O/c1-2-5-14-7-8-3-4-9(12)6-10(8)11(13)15-16/h1,3-4,6,14,16H,5,7H2,(H2,13,15). The van der Waals surface area contributed by atoms with Crippen molar-refractivity contribution < 1.29 is 9.60 Å². The number of nitrogens with zero attached hydrogens (tertiary/aromatic N) is 1. The minimum atomic E-state index is -0.442. The molecule has 0 atom stereocenters. The normalized spacial score (nSPS) is 11.1. The van der Waals surface area contributed by atoms with Gasteiger partial charge in [-0.2, -0.15) is 0 Å². The van der Waals surface area contributed by atoms with E-state index in [4.69, 9.17) is 17.4 Å². The first-order valence-electron chi connectivity index (χ1n) is 4.59. The first-order chi connectivity index (χ1) is 7.69. The van der Waals surface area contributed by atoms with Gasteiger partial charge in [-0.25, -0.2) is 4.39 Å². The summed E-state index contributed by atoms with van der Waals surface area (Å²) in [5, 5.41) is 14.4. The van der Waals surface area contributed by atoms with Crippen LogP contribution in [-0.4, -0.2) is 17.6 Å². The van der Waals surface area contributed by atoms with Crippen LogP contribution in [0.1, 0.15) is 11.1 Å². The summed E-state index contributed by atoms with van der Waals surface area (Å²) in [7, 11) is 0. The molecule has 4 nitrogen and oxygen atoms in total. The Balaban J connectivity index is 2.95. The SMILES string of the molecule is C#CCNCc1ccc(F)cc1C(N)=NO. The number of terminal acetylenes is 1. The van der Waals surface area contributed by atoms with Gasteiger partial charge in [0.05, 0.1) is 6.54 Å². The number of halogens is 1. The number of nitrogens with two attached hydrogens (primary N) is 1. The molecule has 0 aliphatic carbocycles. The molecule has 5 heteroatoms. The van der Waals surface area contributed by atoms with Crippen LogP contribution in [0.2, 0.25) is 0 Å². The first kappa shape index (κ1) is 12.0. The van der Waals surface area contributed by atoms with Gasteiger partial charge in [-0.1, -0.05) is 17.1 Å². The molecule has 16 heavy (non-hydrogen) atoms. The molecule has 0 saturated carbocycles. The minimum absolute atomic E-state index is 0.128. The highest BCUT2D eigenvalue weighted by atomic mass is 19.1. The maximum absolute atomic E-state index is 13.0. The van der Waals surface area contributed by atoms with E-state index in [0.29, 0.717) is 24.2 Å². The summed E-state index contributed by atoms with van der Waals surface area (Å²) in [4.78, 5) is 0. The Kier molecular flexibility index (Phi) is 4.30. The molecular weight excluding hydrogens is 209 g/mol. The Morgan fingerprint density at radius 3 is 3.00 bits per heavy atom. The van der Waals surface area contributed by atoms with Crippen molar-refractivity contribution in [2.45, 2.75) is 6.54 Å². The largest absolute Gasteiger partial charge is 0.409 e. The zero-order chi connectivity index (χ0) is 12.0. The predicted molar refractivity (Wildman–Crippen MR) is 59.5 cm³/mol. The van der Waals surface area contributed by atoms with Gasteiger partial charge in [0.15, 0.2) is 5.84 Å². The first-order valence-corrected chi connectivity index (χ1v) is 4.59. The van der Waals surface area contributed by atoms with Gasteiger partial charge in [-0.3, -0.25) is 0 Å². The van der Waals surface area contributed by atoms with Crippen LogP contribution in [0.15, 0.2) is 23.4 Å². The smallest absolute Gasteiger partial charge is 0.170 e. The molecule has 0 aromatic heterocycles. The van der Waals surface area contributed by atoms with Gasteiger partial charge in [-0.05, 0) is 17.7 Å². The van der Waals surface area contributed by atoms with Crippen LogP contribution in [0, 0.1) is 18.2 Å². The Bertz CT molecular complexity index is 437. The second-order valence-corrected chi connectivity index (χ2v) is 3.09. The predicted octanol–water partition coefficient (Wildman–Crippen LogP) is 0.643. The summed E-state index contributed by atoms with van der Waals surface area (Å²) in [6.45, 7) is 0.822. The lowest BCUT2D eigenvalue weighted by Crippen LogP contribution is -2.20. The maximum atomic E-state index is 13.0. The molecule has 4 N–H and O–H groups in total. The van der Waals surface area contributed by atoms with Crippen LogP contribution in [0.3, 0.4) is 0 Å². The lowest BCUT2D eigenvalue weighted by Gasteiger charge is -2.08. The Morgan fingerprint density at radius 2 is 2.38 bits per heavy atom. The highest BCUT2D eigenvalue weighted by molar-refractivity contribution is 5.98. The molecule has 0 spiro atoms. The molecule has 0 unspecified atom stereocenters. The average Bonchev–Trinajstić information content (AvgIpc) is 2.30. The van der Waals surface area contributed by atoms with Crippen molar-refractivity contribution in [1.82, 2.24) is 5.32 Å². The monoisotopic (exact) mass is 221 g/mol. The summed E-state index contributed by atoms with van der Waals surface area (Å²) >= 11 is 0. The van der Waals surface area contributed by atoms with Crippen LogP contribution in [0.25, 0.3) is 0 Å². The molecular formula is C11H12FN3O. The molecule has 1 aromatic rings. The number of amidine groups is 1. The molecule has 0 aliphatic heterocycles. The summed E-state index contributed by atoms with van der Waals surface area (Å²) < 4.78 is 13.0. The highest BCUT2D eigenvalue weighted by Crippen LogP contribution is 2.11. The maximum Gasteiger partial charge on any atom is 0.170 e. The fraction of sp³-hybridized carbons (Fsp3) is 0.182. The summed E-state index contributed by atoms with van der Waals surface area (Å²) in [5.41, 5.74) is 6.50. The van der Waals surface area contributed by atoms with E-state index < -0.39 is 5.82 Å². The number of hydrogen-bond donors (Lipinski definition) is 3. The molecule has 0 fully saturated rings. The third-order valence-corrected chi connectivity index (χ3v) is 2.00. The van der Waals surface area contributed by atoms with E-state index in [1.807, 2.05) is 0 Å². The molecule has 0 amide bonds. The lowest BCUT2D eigenvalue weighted by atomic mass is 10.1. The van der Waals surface area contributed by atoms with Crippen LogP contribution < -0.4 is 11.1 Å². The molecule has 0 aliphatic rings. The molecule has 0 radical (unpaired) electrons. The van der Waals surface area contributed by atoms with E-state index in [-0.39, 0.29) is 5.84 Å². The third-order valence-electron chi connectivity index (χ3n) is 2.00. The molecule has 1 aromatic carbocycles. The highest BCUT2D eigenvalue weighted by Gasteiger charge is 2.07. The van der Waals surface area contributed by atoms with Crippen molar-refractivity contribution in [3.63, 3.8) is 0 Å². The van der Waals surface area contributed by atoms with Crippen molar-refractivity contribution in [2.75, 3.05) is 6.54 Å². The number of benzene rings is 1. The number of rotatable bonds is 4. The molecule has 0 bridgehead atoms. The van der Waals surface area contributed by atoms with Gasteiger partial charge in [0.25, 0.3) is 0 Å². The summed E-state index contributed by atoms with van der Waals surface area (Å²) in [6.07, 6.45) is 5.08. The van der Waals surface area contributed by atoms with Crippen LogP contribution in [0.4, 0.5) is 4.39 Å². The summed E-state index contributed by atoms with van der Waals surface area (Å²) in [6, 6.07) is 4.08. The van der Waals surface area contributed by atoms with E-state index >= 15 is 0 Å². The van der Waals surface area contributed by atoms with Crippen LogP contribution in [0.5, 0.6) is 0 Å². The fourth-order valence-corrected chi connectivity index (χ4v) is 1.26. The molecule has 84 valence electrons. The van der Waals surface area contributed by atoms with E-state index in [2.05, 4.69) is 16.4 Å². The topological polar surface area (TPSA) is 70.6 Å². The van der Waals surface area contributed by atoms with Crippen LogP contribution >= 0.6 is 0 Å². The van der Waals surface area contributed by atoms with E-state index in [0.717, 1.165) is 0 Å². The summed E-state index contributed by atoms with van der Waals surface area (Å²) in [5.74, 6) is 1.85. The van der Waals surface area contributed by atoms with Crippen molar-refractivity contribution in [2.24, 2.45) is 10.9 Å². The lowest BCUT2D eigenvalue weighted by molar-refractivity contribution is 0.318. The Labute approximate surface area is 93.0 Å². The third kappa shape index (κ3) is 2.97. The zero-order valence-corrected chi connectivity index (χ0v) is 8.57. The van der Waals surface area contributed by atoms with Crippen molar-refractivity contribution >= 4 is 5.84 Å². The van der Waals surface area contributed by atoms with E-state index in [9.17, 15) is 4.39 Å². The van der Waals surface area contributed by atoms with E-state index in [1.54, 1.807) is 6.07 Å². The molecule has 1 rings (SSSR count). The minimum Gasteiger partial charge on any atom is -0.409 e. The quantitative estimate of drug-likeness (QED) is 0.174. The van der Waals surface area contributed by atoms with Crippen molar-refractivity contribution in [1.29, 1.82) is 0 Å². The van der Waals surface area contributed by atoms with Crippen LogP contribution in [-0.2, 0) is 6.54 Å². The molecule has 0 saturated heterocycles. The second kappa shape index (κ2) is 5.73. The van der Waals surface area contributed by atoms with Crippen molar-refractivity contribution in [3.05, 3.63) is 35.1 Å². The van der Waals surface area contributed by atoms with Gasteiger partial charge in [0.1, 0.15) is 5.82 Å². The number of nitrogens with one attached hydrogen (secondary N) is 1. The van der Waals surface area contributed by atoms with E-state index in [1.165, 1.54) is 12.1 Å². The van der Waals surface area contributed by atoms with Gasteiger partial charge in [0, 0.05) is 12.1 Å². The molecule has 0 heterocycles. The van der Waals surface area contributed by atoms with Gasteiger partial charge >= 0.3 is 0 Å². The zero-order valence-electron chi connectivity index (χ0n) is 8.57. The second-order valence-electron chi connectivity index (χ2n) is 3.09. The van der Waals surface area contributed by atoms with Gasteiger partial charge < -0.3 is 16.3 Å². The average molecular weight is 221 g/mol. The van der Waals surface area contributed by atoms with Crippen molar-refractivity contribution in [3.8, 4) is 12.3 Å².